The van der Waals surface area contributed by atoms with Crippen LogP contribution >= 0.6 is 7.37 Å². The van der Waals surface area contributed by atoms with Gasteiger partial charge in [0.2, 0.25) is 7.37 Å². The van der Waals surface area contributed by atoms with Crippen LogP contribution in [-0.2, 0) is 10.7 Å². The Balaban J connectivity index is 2.86. The molecule has 1 unspecified atom stereocenters. The van der Waals surface area contributed by atoms with Crippen molar-refractivity contribution in [1.29, 1.82) is 0 Å². The van der Waals surface area contributed by atoms with E-state index in [-0.39, 0.29) is 6.16 Å². The van der Waals surface area contributed by atoms with E-state index in [2.05, 4.69) is 0 Å². The fourth-order valence-electron chi connectivity index (χ4n) is 1.57. The molecule has 90 valence electrons. The maximum absolute atomic E-state index is 11.8. The van der Waals surface area contributed by atoms with Gasteiger partial charge in [-0.25, -0.2) is 0 Å². The average Bonchev–Trinajstić information content (AvgIpc) is 2.20. The Morgan fingerprint density at radius 1 is 1.50 bits per heavy atom. The van der Waals surface area contributed by atoms with Crippen molar-refractivity contribution in [2.45, 2.75) is 19.5 Å². The summed E-state index contributed by atoms with van der Waals surface area (Å²) < 4.78 is 16.8. The summed E-state index contributed by atoms with van der Waals surface area (Å²) >= 11 is 0. The van der Waals surface area contributed by atoms with Gasteiger partial charge in [-0.05, 0) is 24.1 Å². The second-order valence-corrected chi connectivity index (χ2v) is 6.26. The molecular weight excluding hydrogens is 225 g/mol. The summed E-state index contributed by atoms with van der Waals surface area (Å²) in [7, 11) is -1.53. The second-order valence-electron chi connectivity index (χ2n) is 3.80. The minimum atomic E-state index is -3.06. The molecule has 0 aliphatic heterocycles. The number of hydrogen-bond donors (Lipinski definition) is 2. The van der Waals surface area contributed by atoms with E-state index in [1.54, 1.807) is 18.2 Å². The summed E-state index contributed by atoms with van der Waals surface area (Å²) in [5.41, 5.74) is 6.99. The summed E-state index contributed by atoms with van der Waals surface area (Å²) in [5.74, 6) is 0.550. The molecule has 0 saturated carbocycles. The average molecular weight is 243 g/mol. The highest BCUT2D eigenvalue weighted by atomic mass is 31.2. The van der Waals surface area contributed by atoms with Crippen molar-refractivity contribution in [3.8, 4) is 5.75 Å². The van der Waals surface area contributed by atoms with Crippen LogP contribution in [-0.4, -0.2) is 18.2 Å². The fraction of sp³-hybridized carbons (Fsp3) is 0.455. The molecule has 0 aromatic heterocycles. The van der Waals surface area contributed by atoms with E-state index in [1.807, 2.05) is 6.92 Å². The molecule has 0 aliphatic carbocycles. The number of benzene rings is 1. The summed E-state index contributed by atoms with van der Waals surface area (Å²) in [6.45, 7) is 1.90. The highest BCUT2D eigenvalue weighted by Crippen LogP contribution is 2.45. The van der Waals surface area contributed by atoms with Crippen LogP contribution in [0.15, 0.2) is 18.2 Å². The quantitative estimate of drug-likeness (QED) is 0.615. The third-order valence-electron chi connectivity index (χ3n) is 2.30. The molecule has 1 aromatic rings. The zero-order chi connectivity index (χ0) is 12.2. The second kappa shape index (κ2) is 5.37. The lowest BCUT2D eigenvalue weighted by atomic mass is 10.2. The van der Waals surface area contributed by atoms with Crippen LogP contribution < -0.4 is 10.5 Å². The van der Waals surface area contributed by atoms with E-state index in [9.17, 15) is 9.46 Å². The van der Waals surface area contributed by atoms with E-state index in [4.69, 9.17) is 10.5 Å². The molecule has 0 aliphatic rings. The third kappa shape index (κ3) is 3.54. The molecule has 0 heterocycles. The predicted octanol–water partition coefficient (Wildman–Crippen LogP) is 2.46. The van der Waals surface area contributed by atoms with Crippen LogP contribution in [0.25, 0.3) is 0 Å². The first kappa shape index (κ1) is 13.1. The normalized spacial score (nSPS) is 14.4. The standard InChI is InChI=1S/C11H18NO3P/c1-3-6-16(13,14)8-9-4-5-10(12)11(7-9)15-2/h4-5,7H,3,6,8,12H2,1-2H3,(H,13,14). The summed E-state index contributed by atoms with van der Waals surface area (Å²) in [6, 6.07) is 5.17. The van der Waals surface area contributed by atoms with Gasteiger partial charge in [0.1, 0.15) is 5.75 Å². The topological polar surface area (TPSA) is 72.5 Å². The Bertz CT molecular complexity index is 406. The predicted molar refractivity (Wildman–Crippen MR) is 66.1 cm³/mol. The highest BCUT2D eigenvalue weighted by molar-refractivity contribution is 7.57. The smallest absolute Gasteiger partial charge is 0.204 e. The van der Waals surface area contributed by atoms with E-state index < -0.39 is 7.37 Å². The molecule has 4 nitrogen and oxygen atoms in total. The minimum absolute atomic E-state index is 0.178. The Kier molecular flexibility index (Phi) is 4.39. The number of ether oxygens (including phenoxy) is 1. The van der Waals surface area contributed by atoms with Crippen LogP contribution in [0.1, 0.15) is 18.9 Å². The first-order chi connectivity index (χ1) is 7.48. The van der Waals surface area contributed by atoms with E-state index in [0.29, 0.717) is 24.0 Å². The Hall–Kier alpha value is -0.990. The zero-order valence-corrected chi connectivity index (χ0v) is 10.5. The van der Waals surface area contributed by atoms with Gasteiger partial charge in [0.25, 0.3) is 0 Å². The maximum atomic E-state index is 11.8. The van der Waals surface area contributed by atoms with E-state index >= 15 is 0 Å². The first-order valence-electron chi connectivity index (χ1n) is 5.21. The van der Waals surface area contributed by atoms with Gasteiger partial charge in [-0.3, -0.25) is 4.57 Å². The Morgan fingerprint density at radius 2 is 2.19 bits per heavy atom. The monoisotopic (exact) mass is 243 g/mol. The Morgan fingerprint density at radius 3 is 2.75 bits per heavy atom. The molecule has 16 heavy (non-hydrogen) atoms. The van der Waals surface area contributed by atoms with Gasteiger partial charge < -0.3 is 15.4 Å². The maximum Gasteiger partial charge on any atom is 0.204 e. The molecule has 0 spiro atoms. The van der Waals surface area contributed by atoms with Crippen molar-refractivity contribution in [2.75, 3.05) is 19.0 Å². The summed E-state index contributed by atoms with van der Waals surface area (Å²) in [4.78, 5) is 9.68. The van der Waals surface area contributed by atoms with Gasteiger partial charge >= 0.3 is 0 Å². The molecule has 5 heteroatoms. The summed E-state index contributed by atoms with van der Waals surface area (Å²) in [6.07, 6.45) is 1.23. The molecular formula is C11H18NO3P. The van der Waals surface area contributed by atoms with Gasteiger partial charge in [0, 0.05) is 12.3 Å². The fourth-order valence-corrected chi connectivity index (χ4v) is 3.19. The van der Waals surface area contributed by atoms with Crippen LogP contribution in [0.2, 0.25) is 0 Å². The van der Waals surface area contributed by atoms with Crippen LogP contribution in [0, 0.1) is 0 Å². The van der Waals surface area contributed by atoms with Crippen LogP contribution in [0.4, 0.5) is 5.69 Å². The van der Waals surface area contributed by atoms with Crippen LogP contribution in [0.3, 0.4) is 0 Å². The van der Waals surface area contributed by atoms with Crippen LogP contribution in [0.5, 0.6) is 5.75 Å². The molecule has 0 saturated heterocycles. The lowest BCUT2D eigenvalue weighted by molar-refractivity contribution is 0.416. The molecule has 0 bridgehead atoms. The first-order valence-corrected chi connectivity index (χ1v) is 7.24. The summed E-state index contributed by atoms with van der Waals surface area (Å²) in [5, 5.41) is 0. The number of nitrogen functional groups attached to an aromatic ring is 1. The molecule has 1 rings (SSSR count). The Labute approximate surface area is 95.9 Å². The van der Waals surface area contributed by atoms with Crippen molar-refractivity contribution in [3.63, 3.8) is 0 Å². The number of hydrogen-bond acceptors (Lipinski definition) is 3. The van der Waals surface area contributed by atoms with Crippen molar-refractivity contribution in [2.24, 2.45) is 0 Å². The zero-order valence-electron chi connectivity index (χ0n) is 9.64. The van der Waals surface area contributed by atoms with E-state index in [1.165, 1.54) is 7.11 Å². The van der Waals surface area contributed by atoms with Crippen molar-refractivity contribution >= 4 is 13.1 Å². The lowest BCUT2D eigenvalue weighted by Crippen LogP contribution is -1.96. The SMILES string of the molecule is CCCP(=O)(O)Cc1ccc(N)c(OC)c1. The number of nitrogens with two attached hydrogens (primary N) is 1. The molecule has 0 radical (unpaired) electrons. The number of methoxy groups -OCH3 is 1. The third-order valence-corrected chi connectivity index (χ3v) is 4.31. The van der Waals surface area contributed by atoms with Gasteiger partial charge in [0.05, 0.1) is 12.8 Å². The van der Waals surface area contributed by atoms with E-state index in [0.717, 1.165) is 5.56 Å². The highest BCUT2D eigenvalue weighted by Gasteiger charge is 2.17. The molecule has 1 aromatic carbocycles. The molecule has 0 fully saturated rings. The van der Waals surface area contributed by atoms with Gasteiger partial charge in [-0.15, -0.1) is 0 Å². The van der Waals surface area contributed by atoms with Crippen molar-refractivity contribution in [3.05, 3.63) is 23.8 Å². The molecule has 3 N–H and O–H groups in total. The number of anilines is 1. The number of rotatable bonds is 5. The minimum Gasteiger partial charge on any atom is -0.495 e. The van der Waals surface area contributed by atoms with Gasteiger partial charge in [0.15, 0.2) is 0 Å². The largest absolute Gasteiger partial charge is 0.495 e. The molecule has 0 amide bonds. The van der Waals surface area contributed by atoms with Gasteiger partial charge in [-0.1, -0.05) is 13.0 Å². The lowest BCUT2D eigenvalue weighted by Gasteiger charge is -2.12. The van der Waals surface area contributed by atoms with Crippen molar-refractivity contribution < 1.29 is 14.2 Å². The molecule has 1 atom stereocenters. The van der Waals surface area contributed by atoms with Crippen molar-refractivity contribution in [1.82, 2.24) is 0 Å². The van der Waals surface area contributed by atoms with Gasteiger partial charge in [-0.2, -0.15) is 0 Å².